The van der Waals surface area contributed by atoms with Crippen molar-refractivity contribution >= 4 is 17.3 Å². The number of guanidine groups is 1. The Morgan fingerprint density at radius 2 is 2.08 bits per heavy atom. The number of thiazole rings is 1. The molecule has 7 nitrogen and oxygen atoms in total. The van der Waals surface area contributed by atoms with Crippen molar-refractivity contribution in [3.05, 3.63) is 40.0 Å². The number of nitrogens with one attached hydrogen (secondary N) is 2. The van der Waals surface area contributed by atoms with Crippen molar-refractivity contribution < 1.29 is 9.47 Å². The Morgan fingerprint density at radius 3 is 2.77 bits per heavy atom. The summed E-state index contributed by atoms with van der Waals surface area (Å²) in [6, 6.07) is 3.87. The number of ether oxygens (including phenoxy) is 2. The van der Waals surface area contributed by atoms with Gasteiger partial charge in [-0.25, -0.2) is 9.97 Å². The van der Waals surface area contributed by atoms with Crippen LogP contribution in [-0.2, 0) is 17.8 Å². The van der Waals surface area contributed by atoms with Crippen molar-refractivity contribution in [2.45, 2.75) is 32.9 Å². The quantitative estimate of drug-likeness (QED) is 0.397. The van der Waals surface area contributed by atoms with Crippen molar-refractivity contribution in [1.29, 1.82) is 0 Å². The molecule has 0 aliphatic heterocycles. The second kappa shape index (κ2) is 10.7. The summed E-state index contributed by atoms with van der Waals surface area (Å²) >= 11 is 1.66. The standard InChI is InChI=1S/C18H27N5O2S/c1-13(2)15-12-26-16(23-15)11-22-18(19-3)21-10-14-6-5-7-20-17(14)25-9-8-24-4/h5-7,12-13H,8-11H2,1-4H3,(H2,19,21,22). The predicted molar refractivity (Wildman–Crippen MR) is 105 cm³/mol. The zero-order valence-corrected chi connectivity index (χ0v) is 16.6. The molecule has 2 heterocycles. The third-order valence-corrected chi connectivity index (χ3v) is 4.48. The lowest BCUT2D eigenvalue weighted by Gasteiger charge is -2.13. The average Bonchev–Trinajstić information content (AvgIpc) is 3.12. The van der Waals surface area contributed by atoms with Gasteiger partial charge >= 0.3 is 0 Å². The summed E-state index contributed by atoms with van der Waals surface area (Å²) in [6.07, 6.45) is 1.72. The van der Waals surface area contributed by atoms with E-state index in [9.17, 15) is 0 Å². The smallest absolute Gasteiger partial charge is 0.218 e. The Labute approximate surface area is 158 Å². The van der Waals surface area contributed by atoms with Gasteiger partial charge < -0.3 is 20.1 Å². The summed E-state index contributed by atoms with van der Waals surface area (Å²) in [5, 5.41) is 9.72. The Balaban J connectivity index is 1.86. The van der Waals surface area contributed by atoms with E-state index >= 15 is 0 Å². The van der Waals surface area contributed by atoms with E-state index in [0.717, 1.165) is 16.3 Å². The van der Waals surface area contributed by atoms with E-state index in [1.807, 2.05) is 12.1 Å². The molecule has 0 aliphatic rings. The van der Waals surface area contributed by atoms with E-state index in [1.165, 1.54) is 0 Å². The summed E-state index contributed by atoms with van der Waals surface area (Å²) in [4.78, 5) is 13.2. The van der Waals surface area contributed by atoms with Gasteiger partial charge in [-0.3, -0.25) is 4.99 Å². The summed E-state index contributed by atoms with van der Waals surface area (Å²) in [5.74, 6) is 1.76. The zero-order valence-electron chi connectivity index (χ0n) is 15.8. The zero-order chi connectivity index (χ0) is 18.8. The van der Waals surface area contributed by atoms with Crippen LogP contribution in [0, 0.1) is 0 Å². The molecule has 0 fully saturated rings. The van der Waals surface area contributed by atoms with Crippen LogP contribution in [0.2, 0.25) is 0 Å². The topological polar surface area (TPSA) is 80.7 Å². The number of rotatable bonds is 9. The molecule has 0 bridgehead atoms. The molecule has 2 aromatic rings. The van der Waals surface area contributed by atoms with Crippen LogP contribution in [0.25, 0.3) is 0 Å². The number of pyridine rings is 1. The number of nitrogens with zero attached hydrogens (tertiary/aromatic N) is 3. The molecule has 0 unspecified atom stereocenters. The number of methoxy groups -OCH3 is 1. The molecule has 0 saturated carbocycles. The Hall–Kier alpha value is -2.19. The molecule has 2 N–H and O–H groups in total. The highest BCUT2D eigenvalue weighted by Gasteiger charge is 2.08. The first-order valence-electron chi connectivity index (χ1n) is 8.58. The fourth-order valence-electron chi connectivity index (χ4n) is 2.14. The lowest BCUT2D eigenvalue weighted by Crippen LogP contribution is -2.36. The molecule has 0 radical (unpaired) electrons. The van der Waals surface area contributed by atoms with Gasteiger partial charge in [0.15, 0.2) is 5.96 Å². The molecule has 2 aromatic heterocycles. The molecule has 142 valence electrons. The molecule has 2 rings (SSSR count). The van der Waals surface area contributed by atoms with E-state index < -0.39 is 0 Å². The van der Waals surface area contributed by atoms with Gasteiger partial charge in [-0.2, -0.15) is 0 Å². The van der Waals surface area contributed by atoms with Crippen molar-refractivity contribution in [3.8, 4) is 5.88 Å². The maximum Gasteiger partial charge on any atom is 0.218 e. The lowest BCUT2D eigenvalue weighted by molar-refractivity contribution is 0.143. The van der Waals surface area contributed by atoms with Gasteiger partial charge in [-0.05, 0) is 12.0 Å². The highest BCUT2D eigenvalue weighted by molar-refractivity contribution is 7.09. The summed E-state index contributed by atoms with van der Waals surface area (Å²) in [6.45, 7) is 6.49. The normalized spacial score (nSPS) is 11.7. The lowest BCUT2D eigenvalue weighted by atomic mass is 10.2. The minimum Gasteiger partial charge on any atom is -0.475 e. The van der Waals surface area contributed by atoms with Crippen molar-refractivity contribution in [1.82, 2.24) is 20.6 Å². The Kier molecular flexibility index (Phi) is 8.30. The predicted octanol–water partition coefficient (Wildman–Crippen LogP) is 2.55. The van der Waals surface area contributed by atoms with Gasteiger partial charge in [0.1, 0.15) is 11.6 Å². The maximum atomic E-state index is 5.65. The van der Waals surface area contributed by atoms with Gasteiger partial charge in [0.25, 0.3) is 0 Å². The summed E-state index contributed by atoms with van der Waals surface area (Å²) < 4.78 is 10.7. The minimum atomic E-state index is 0.444. The van der Waals surface area contributed by atoms with Crippen molar-refractivity contribution in [3.63, 3.8) is 0 Å². The van der Waals surface area contributed by atoms with Gasteiger partial charge in [0.2, 0.25) is 5.88 Å². The monoisotopic (exact) mass is 377 g/mol. The molecule has 0 atom stereocenters. The van der Waals surface area contributed by atoms with Crippen LogP contribution in [0.5, 0.6) is 5.88 Å². The van der Waals surface area contributed by atoms with E-state index in [4.69, 9.17) is 9.47 Å². The van der Waals surface area contributed by atoms with Crippen LogP contribution in [0.4, 0.5) is 0 Å². The first-order valence-corrected chi connectivity index (χ1v) is 9.46. The van der Waals surface area contributed by atoms with E-state index in [1.54, 1.807) is 31.7 Å². The summed E-state index contributed by atoms with van der Waals surface area (Å²) in [5.41, 5.74) is 2.09. The third kappa shape index (κ3) is 6.27. The highest BCUT2D eigenvalue weighted by atomic mass is 32.1. The average molecular weight is 378 g/mol. The van der Waals surface area contributed by atoms with Crippen LogP contribution in [-0.4, -0.2) is 43.3 Å². The molecular weight excluding hydrogens is 350 g/mol. The highest BCUT2D eigenvalue weighted by Crippen LogP contribution is 2.17. The molecule has 26 heavy (non-hydrogen) atoms. The van der Waals surface area contributed by atoms with Gasteiger partial charge in [0, 0.05) is 37.8 Å². The van der Waals surface area contributed by atoms with E-state index in [0.29, 0.717) is 44.1 Å². The van der Waals surface area contributed by atoms with Crippen molar-refractivity contribution in [2.75, 3.05) is 27.4 Å². The molecule has 0 aromatic carbocycles. The molecule has 8 heteroatoms. The number of aliphatic imine (C=N–C) groups is 1. The molecular formula is C18H27N5O2S. The molecule has 0 aliphatic carbocycles. The van der Waals surface area contributed by atoms with E-state index in [-0.39, 0.29) is 0 Å². The number of hydrogen-bond acceptors (Lipinski definition) is 6. The second-order valence-corrected chi connectivity index (χ2v) is 6.85. The van der Waals surface area contributed by atoms with Crippen LogP contribution >= 0.6 is 11.3 Å². The van der Waals surface area contributed by atoms with Crippen LogP contribution in [0.3, 0.4) is 0 Å². The van der Waals surface area contributed by atoms with Gasteiger partial charge in [0.05, 0.1) is 18.8 Å². The second-order valence-electron chi connectivity index (χ2n) is 5.91. The van der Waals surface area contributed by atoms with Crippen LogP contribution in [0.15, 0.2) is 28.7 Å². The third-order valence-electron chi connectivity index (χ3n) is 3.61. The fraction of sp³-hybridized carbons (Fsp3) is 0.500. The SMILES string of the molecule is CN=C(NCc1nc(C(C)C)cs1)NCc1cccnc1OCCOC. The molecule has 0 saturated heterocycles. The molecule has 0 spiro atoms. The number of aromatic nitrogens is 2. The van der Waals surface area contributed by atoms with Gasteiger partial charge in [-0.1, -0.05) is 19.9 Å². The van der Waals surface area contributed by atoms with Crippen molar-refractivity contribution in [2.24, 2.45) is 4.99 Å². The summed E-state index contributed by atoms with van der Waals surface area (Å²) in [7, 11) is 3.39. The van der Waals surface area contributed by atoms with Crippen LogP contribution < -0.4 is 15.4 Å². The Bertz CT molecular complexity index is 702. The van der Waals surface area contributed by atoms with Gasteiger partial charge in [-0.15, -0.1) is 11.3 Å². The molecule has 0 amide bonds. The first kappa shape index (κ1) is 20.1. The van der Waals surface area contributed by atoms with E-state index in [2.05, 4.69) is 44.8 Å². The fourth-order valence-corrected chi connectivity index (χ4v) is 3.04. The largest absolute Gasteiger partial charge is 0.475 e. The number of hydrogen-bond donors (Lipinski definition) is 2. The Morgan fingerprint density at radius 1 is 1.27 bits per heavy atom. The first-order chi connectivity index (χ1) is 12.6. The minimum absolute atomic E-state index is 0.444. The van der Waals surface area contributed by atoms with Crippen LogP contribution in [0.1, 0.15) is 36.0 Å². The maximum absolute atomic E-state index is 5.65.